The van der Waals surface area contributed by atoms with Gasteiger partial charge in [-0.15, -0.1) is 0 Å². The van der Waals surface area contributed by atoms with E-state index in [0.717, 1.165) is 12.8 Å². The van der Waals surface area contributed by atoms with Crippen molar-refractivity contribution in [2.24, 2.45) is 5.92 Å². The van der Waals surface area contributed by atoms with Gasteiger partial charge in [0.15, 0.2) is 6.61 Å². The number of nitriles is 1. The molecule has 29 heavy (non-hydrogen) atoms. The first-order valence-corrected chi connectivity index (χ1v) is 8.91. The Labute approximate surface area is 165 Å². The molecular formula is C19H20F3N3O4. The number of anilines is 1. The number of rotatable bonds is 8. The fourth-order valence-electron chi connectivity index (χ4n) is 2.75. The third-order valence-electron chi connectivity index (χ3n) is 4.44. The Bertz CT molecular complexity index is 798. The van der Waals surface area contributed by atoms with Crippen molar-refractivity contribution in [2.45, 2.75) is 38.4 Å². The highest BCUT2D eigenvalue weighted by atomic mass is 19.4. The van der Waals surface area contributed by atoms with Crippen LogP contribution in [0.3, 0.4) is 0 Å². The molecule has 2 amide bonds. The van der Waals surface area contributed by atoms with E-state index in [9.17, 15) is 27.6 Å². The number of carbonyl (C=O) groups is 3. The zero-order valence-corrected chi connectivity index (χ0v) is 15.7. The van der Waals surface area contributed by atoms with Crippen molar-refractivity contribution in [2.75, 3.05) is 18.5 Å². The fraction of sp³-hybridized carbons (Fsp3) is 0.474. The number of nitrogens with one attached hydrogen (secondary N) is 1. The molecule has 0 spiro atoms. The van der Waals surface area contributed by atoms with Crippen LogP contribution in [-0.2, 0) is 14.3 Å². The number of carbonyl (C=O) groups excluding carboxylic acids is 3. The highest BCUT2D eigenvalue weighted by Gasteiger charge is 2.40. The second-order valence-electron chi connectivity index (χ2n) is 6.75. The molecule has 1 saturated carbocycles. The van der Waals surface area contributed by atoms with Crippen molar-refractivity contribution >= 4 is 23.5 Å². The Morgan fingerprint density at radius 2 is 1.90 bits per heavy atom. The predicted octanol–water partition coefficient (Wildman–Crippen LogP) is 2.88. The van der Waals surface area contributed by atoms with Crippen LogP contribution in [0.25, 0.3) is 0 Å². The first-order chi connectivity index (χ1) is 13.6. The summed E-state index contributed by atoms with van der Waals surface area (Å²) in [5.74, 6) is -2.27. The molecule has 156 valence electrons. The molecule has 7 nitrogen and oxygen atoms in total. The van der Waals surface area contributed by atoms with Crippen molar-refractivity contribution in [3.05, 3.63) is 29.8 Å². The van der Waals surface area contributed by atoms with Gasteiger partial charge in [-0.2, -0.15) is 18.4 Å². The normalized spacial score (nSPS) is 14.4. The molecule has 1 fully saturated rings. The molecule has 1 N–H and O–H groups in total. The zero-order valence-electron chi connectivity index (χ0n) is 15.7. The van der Waals surface area contributed by atoms with E-state index in [1.165, 1.54) is 24.3 Å². The lowest BCUT2D eigenvalue weighted by Crippen LogP contribution is -2.47. The first-order valence-electron chi connectivity index (χ1n) is 8.91. The molecule has 10 heteroatoms. The molecule has 1 atom stereocenters. The Kier molecular flexibility index (Phi) is 7.20. The minimum atomic E-state index is -4.55. The number of ether oxygens (including phenoxy) is 1. The highest BCUT2D eigenvalue weighted by Crippen LogP contribution is 2.36. The van der Waals surface area contributed by atoms with Crippen molar-refractivity contribution in [3.8, 4) is 6.07 Å². The molecule has 1 aromatic carbocycles. The maximum atomic E-state index is 12.8. The van der Waals surface area contributed by atoms with Gasteiger partial charge in [-0.05, 0) is 49.9 Å². The molecule has 0 saturated heterocycles. The predicted molar refractivity (Wildman–Crippen MR) is 95.5 cm³/mol. The van der Waals surface area contributed by atoms with E-state index in [-0.39, 0.29) is 17.9 Å². The number of hydrogen-bond donors (Lipinski definition) is 1. The summed E-state index contributed by atoms with van der Waals surface area (Å²) in [5.41, 5.74) is 0.418. The topological polar surface area (TPSA) is 99.5 Å². The lowest BCUT2D eigenvalue weighted by molar-refractivity contribution is -0.167. The van der Waals surface area contributed by atoms with Crippen LogP contribution in [0.15, 0.2) is 24.3 Å². The summed E-state index contributed by atoms with van der Waals surface area (Å²) in [4.78, 5) is 36.3. The van der Waals surface area contributed by atoms with Crippen LogP contribution >= 0.6 is 0 Å². The van der Waals surface area contributed by atoms with Gasteiger partial charge in [-0.1, -0.05) is 0 Å². The van der Waals surface area contributed by atoms with Gasteiger partial charge in [-0.25, -0.2) is 4.79 Å². The SMILES string of the molecule is C[C@H](C1CC1)N(CC(F)(F)F)C(=O)COC(=O)c1ccc(NC(=O)CC#N)cc1. The summed E-state index contributed by atoms with van der Waals surface area (Å²) in [5, 5.41) is 10.9. The van der Waals surface area contributed by atoms with Crippen LogP contribution in [0.5, 0.6) is 0 Å². The number of esters is 1. The molecule has 0 radical (unpaired) electrons. The molecular weight excluding hydrogens is 391 g/mol. The number of hydrogen-bond acceptors (Lipinski definition) is 5. The number of nitrogens with zero attached hydrogens (tertiary/aromatic N) is 2. The molecule has 0 aliphatic heterocycles. The lowest BCUT2D eigenvalue weighted by atomic mass is 10.2. The smallest absolute Gasteiger partial charge is 0.406 e. The van der Waals surface area contributed by atoms with Gasteiger partial charge in [0, 0.05) is 11.7 Å². The maximum Gasteiger partial charge on any atom is 0.406 e. The van der Waals surface area contributed by atoms with Gasteiger partial charge < -0.3 is 15.0 Å². The van der Waals surface area contributed by atoms with E-state index in [1.807, 2.05) is 0 Å². The molecule has 1 aliphatic rings. The van der Waals surface area contributed by atoms with Gasteiger partial charge in [0.1, 0.15) is 13.0 Å². The Hall–Kier alpha value is -3.09. The van der Waals surface area contributed by atoms with Crippen LogP contribution in [0.2, 0.25) is 0 Å². The van der Waals surface area contributed by atoms with Gasteiger partial charge in [-0.3, -0.25) is 9.59 Å². The largest absolute Gasteiger partial charge is 0.452 e. The highest BCUT2D eigenvalue weighted by molar-refractivity contribution is 5.94. The summed E-state index contributed by atoms with van der Waals surface area (Å²) in [7, 11) is 0. The van der Waals surface area contributed by atoms with Crippen LogP contribution < -0.4 is 5.32 Å². The maximum absolute atomic E-state index is 12.8. The molecule has 1 aromatic rings. The average Bonchev–Trinajstić information content (AvgIpc) is 3.48. The van der Waals surface area contributed by atoms with Gasteiger partial charge in [0.05, 0.1) is 11.6 Å². The van der Waals surface area contributed by atoms with Gasteiger partial charge >= 0.3 is 12.1 Å². The first kappa shape index (κ1) is 22.2. The summed E-state index contributed by atoms with van der Waals surface area (Å²) >= 11 is 0. The summed E-state index contributed by atoms with van der Waals surface area (Å²) < 4.78 is 43.3. The second-order valence-corrected chi connectivity index (χ2v) is 6.75. The Balaban J connectivity index is 1.93. The number of halogens is 3. The van der Waals surface area contributed by atoms with Crippen LogP contribution in [0.4, 0.5) is 18.9 Å². The van der Waals surface area contributed by atoms with Crippen LogP contribution in [0, 0.1) is 17.2 Å². The van der Waals surface area contributed by atoms with E-state index in [2.05, 4.69) is 5.32 Å². The minimum absolute atomic E-state index is 0.0285. The molecule has 0 aromatic heterocycles. The molecule has 0 unspecified atom stereocenters. The van der Waals surface area contributed by atoms with Crippen molar-refractivity contribution in [1.29, 1.82) is 5.26 Å². The standard InChI is InChI=1S/C19H20F3N3O4/c1-12(13-2-3-13)25(11-19(20,21)22)17(27)10-29-18(28)14-4-6-15(7-5-14)24-16(26)8-9-23/h4-7,12-13H,2-3,8,10-11H2,1H3,(H,24,26)/t12-/m1/s1. The Morgan fingerprint density at radius 1 is 1.28 bits per heavy atom. The van der Waals surface area contributed by atoms with Crippen molar-refractivity contribution in [1.82, 2.24) is 4.90 Å². The molecule has 0 bridgehead atoms. The quantitative estimate of drug-likeness (QED) is 0.663. The third-order valence-corrected chi connectivity index (χ3v) is 4.44. The summed E-state index contributed by atoms with van der Waals surface area (Å²) in [6, 6.07) is 6.57. The van der Waals surface area contributed by atoms with E-state index in [0.29, 0.717) is 10.6 Å². The molecule has 1 aliphatic carbocycles. The average molecular weight is 411 g/mol. The second kappa shape index (κ2) is 9.41. The third kappa shape index (κ3) is 7.10. The number of benzene rings is 1. The minimum Gasteiger partial charge on any atom is -0.452 e. The fourth-order valence-corrected chi connectivity index (χ4v) is 2.75. The van der Waals surface area contributed by atoms with Gasteiger partial charge in [0.2, 0.25) is 5.91 Å². The zero-order chi connectivity index (χ0) is 21.6. The summed E-state index contributed by atoms with van der Waals surface area (Å²) in [6.07, 6.45) is -3.34. The molecule has 2 rings (SSSR count). The van der Waals surface area contributed by atoms with Crippen molar-refractivity contribution < 1.29 is 32.3 Å². The summed E-state index contributed by atoms with van der Waals surface area (Å²) in [6.45, 7) is -0.632. The number of alkyl halides is 3. The van der Waals surface area contributed by atoms with Crippen molar-refractivity contribution in [3.63, 3.8) is 0 Å². The van der Waals surface area contributed by atoms with Gasteiger partial charge in [0.25, 0.3) is 5.91 Å². The van der Waals surface area contributed by atoms with E-state index in [4.69, 9.17) is 10.00 Å². The van der Waals surface area contributed by atoms with Crippen LogP contribution in [0.1, 0.15) is 36.5 Å². The van der Waals surface area contributed by atoms with E-state index < -0.39 is 43.2 Å². The Morgan fingerprint density at radius 3 is 2.41 bits per heavy atom. The van der Waals surface area contributed by atoms with E-state index in [1.54, 1.807) is 13.0 Å². The monoisotopic (exact) mass is 411 g/mol. The van der Waals surface area contributed by atoms with Crippen LogP contribution in [-0.4, -0.2) is 48.1 Å². The molecule has 0 heterocycles. The van der Waals surface area contributed by atoms with E-state index >= 15 is 0 Å². The lowest BCUT2D eigenvalue weighted by Gasteiger charge is -2.30. The number of amides is 2.